The van der Waals surface area contributed by atoms with Crippen LogP contribution in [0.15, 0.2) is 102 Å². The van der Waals surface area contributed by atoms with Crippen LogP contribution in [0.25, 0.3) is 0 Å². The number of benzene rings is 3. The van der Waals surface area contributed by atoms with Crippen LogP contribution in [-0.2, 0) is 27.4 Å². The molecule has 3 aromatic carbocycles. The zero-order valence-corrected chi connectivity index (χ0v) is 31.4. The lowest BCUT2D eigenvalue weighted by atomic mass is 9.55. The Labute approximate surface area is 318 Å². The molecule has 10 nitrogen and oxygen atoms in total. The zero-order chi connectivity index (χ0) is 38.1. The first-order valence-corrected chi connectivity index (χ1v) is 19.1. The minimum atomic E-state index is -1.35. The number of hydrogen-bond donors (Lipinski definition) is 3. The number of oxime groups is 1. The Morgan fingerprint density at radius 1 is 1.00 bits per heavy atom. The number of carbonyl (C=O) groups is 1. The highest BCUT2D eigenvalue weighted by molar-refractivity contribution is 6.03. The van der Waals surface area contributed by atoms with Crippen LogP contribution in [0.4, 0.5) is 0 Å². The fraction of sp³-hybridized carbons (Fsp3) is 0.455. The van der Waals surface area contributed by atoms with Crippen LogP contribution in [0.1, 0.15) is 67.6 Å². The lowest BCUT2D eigenvalue weighted by Crippen LogP contribution is -2.69. The molecule has 1 heterocycles. The molecule has 1 saturated carbocycles. The second-order valence-electron chi connectivity index (χ2n) is 14.6. The number of aliphatic hydroxyl groups excluding tert-OH is 2. The number of allylic oxidation sites excluding steroid dienone is 1. The van der Waals surface area contributed by atoms with E-state index < -0.39 is 17.7 Å². The van der Waals surface area contributed by atoms with Gasteiger partial charge in [-0.2, -0.15) is 0 Å². The maximum atomic E-state index is 14.4. The largest absolute Gasteiger partial charge is 0.508 e. The molecule has 0 aromatic heterocycles. The lowest BCUT2D eigenvalue weighted by molar-refractivity contribution is -0.255. The molecule has 6 rings (SSSR count). The van der Waals surface area contributed by atoms with Gasteiger partial charge in [0.1, 0.15) is 29.9 Å². The predicted molar refractivity (Wildman–Crippen MR) is 207 cm³/mol. The van der Waals surface area contributed by atoms with Gasteiger partial charge in [0, 0.05) is 38.2 Å². The molecule has 6 atom stereocenters. The summed E-state index contributed by atoms with van der Waals surface area (Å²) in [6, 6.07) is 22.0. The molecule has 288 valence electrons. The van der Waals surface area contributed by atoms with Gasteiger partial charge in [0.2, 0.25) is 11.7 Å². The second-order valence-corrected chi connectivity index (χ2v) is 14.6. The van der Waals surface area contributed by atoms with Crippen LogP contribution in [0.3, 0.4) is 0 Å². The van der Waals surface area contributed by atoms with Crippen LogP contribution in [-0.4, -0.2) is 77.6 Å². The molecule has 0 spiro atoms. The molecule has 0 radical (unpaired) electrons. The van der Waals surface area contributed by atoms with Crippen molar-refractivity contribution in [3.8, 4) is 17.2 Å². The summed E-state index contributed by atoms with van der Waals surface area (Å²) in [6.45, 7) is 4.64. The van der Waals surface area contributed by atoms with E-state index in [-0.39, 0.29) is 62.3 Å². The summed E-state index contributed by atoms with van der Waals surface area (Å²) in [5.74, 6) is -0.539. The predicted octanol–water partition coefficient (Wildman–Crippen LogP) is 6.94. The third-order valence-corrected chi connectivity index (χ3v) is 11.3. The first kappa shape index (κ1) is 39.1. The van der Waals surface area contributed by atoms with Gasteiger partial charge in [0.25, 0.3) is 0 Å². The van der Waals surface area contributed by atoms with Crippen molar-refractivity contribution in [3.05, 3.63) is 114 Å². The van der Waals surface area contributed by atoms with E-state index in [2.05, 4.69) is 12.7 Å². The lowest BCUT2D eigenvalue weighted by Gasteiger charge is -2.59. The van der Waals surface area contributed by atoms with Gasteiger partial charge in [-0.15, -0.1) is 6.58 Å². The van der Waals surface area contributed by atoms with Crippen molar-refractivity contribution >= 4 is 11.6 Å². The molecule has 3 aromatic rings. The number of rotatable bonds is 18. The number of likely N-dealkylation sites (N-methyl/N-ethyl adjacent to an activating group) is 1. The number of ether oxygens (including phenoxy) is 3. The number of unbranched alkanes of at least 4 members (excludes halogenated alkanes) is 2. The van der Waals surface area contributed by atoms with Crippen molar-refractivity contribution in [1.82, 2.24) is 4.90 Å². The van der Waals surface area contributed by atoms with Gasteiger partial charge in [-0.05, 0) is 84.6 Å². The third-order valence-electron chi connectivity index (χ3n) is 11.3. The highest BCUT2D eigenvalue weighted by Gasteiger charge is 2.65. The van der Waals surface area contributed by atoms with Crippen LogP contribution < -0.4 is 9.47 Å². The van der Waals surface area contributed by atoms with Gasteiger partial charge in [0.05, 0.1) is 31.8 Å². The molecule has 1 aliphatic heterocycles. The minimum Gasteiger partial charge on any atom is -0.508 e. The molecule has 54 heavy (non-hydrogen) atoms. The number of phenols is 1. The quantitative estimate of drug-likeness (QED) is 0.0728. The van der Waals surface area contributed by atoms with Crippen LogP contribution in [0.2, 0.25) is 0 Å². The van der Waals surface area contributed by atoms with Gasteiger partial charge in [-0.25, -0.2) is 0 Å². The van der Waals surface area contributed by atoms with Gasteiger partial charge in [-0.3, -0.25) is 4.79 Å². The second kappa shape index (κ2) is 18.1. The summed E-state index contributed by atoms with van der Waals surface area (Å²) in [5.41, 5.74) is 4.34. The van der Waals surface area contributed by atoms with E-state index in [1.54, 1.807) is 43.3 Å². The Kier molecular flexibility index (Phi) is 13.1. The molecule has 2 aliphatic carbocycles. The van der Waals surface area contributed by atoms with Crippen molar-refractivity contribution in [2.45, 2.75) is 75.7 Å². The number of methoxy groups -OCH3 is 1. The number of carbonyl (C=O) groups excluding carboxylic acids is 1. The summed E-state index contributed by atoms with van der Waals surface area (Å²) in [4.78, 5) is 22.2. The summed E-state index contributed by atoms with van der Waals surface area (Å²) in [7, 11) is 3.40. The molecular weight excluding hydrogens is 684 g/mol. The fourth-order valence-corrected chi connectivity index (χ4v) is 8.75. The Morgan fingerprint density at radius 2 is 1.76 bits per heavy atom. The fourth-order valence-electron chi connectivity index (χ4n) is 8.75. The maximum Gasteiger partial charge on any atom is 0.239 e. The Bertz CT molecular complexity index is 1790. The minimum absolute atomic E-state index is 0.0724. The monoisotopic (exact) mass is 738 g/mol. The average molecular weight is 739 g/mol. The molecular formula is C44H54N2O8. The van der Waals surface area contributed by atoms with E-state index in [9.17, 15) is 20.1 Å². The van der Waals surface area contributed by atoms with Crippen molar-refractivity contribution < 1.29 is 39.2 Å². The number of hydrogen-bond acceptors (Lipinski definition) is 9. The van der Waals surface area contributed by atoms with Crippen molar-refractivity contribution in [2.75, 3.05) is 34.0 Å². The Balaban J connectivity index is 1.51. The zero-order valence-electron chi connectivity index (χ0n) is 31.4. The van der Waals surface area contributed by atoms with E-state index in [1.807, 2.05) is 54.6 Å². The SMILES string of the molecule is C=CCO[C@@]12Oc3ccc(O)cc3[C@H]3[C@H](CCCCO)[C@@H](CCCCO)C=C(C(=NOCc4ccccc4)C[C@@H]1N(C)C(=O)Cc1cccc(OC)c1)[C@H]32. The Morgan fingerprint density at radius 3 is 2.50 bits per heavy atom. The molecule has 3 aliphatic rings. The normalized spacial score (nSPS) is 24.8. The average Bonchev–Trinajstić information content (AvgIpc) is 3.19. The van der Waals surface area contributed by atoms with Crippen molar-refractivity contribution in [1.29, 1.82) is 0 Å². The standard InChI is InChI=1S/C44H54N2O8/c1-4-23-52-44-40(46(2)41(50)25-31-15-12-17-34(24-31)51-3)28-38(45-53-29-30-13-6-5-7-14-30)36-26-32(16-8-10-21-47)35(18-9-11-22-48)42(43(36)44)37-27-33(49)19-20-39(37)54-44/h4-7,12-15,17,19-20,24,26-27,32,35,40,42-43,47-49H,1,8-11,16,18,21-23,25,28-29H2,2-3H3/t32-,35+,40-,42+,43+,44+/m0/s1. The Hall–Kier alpha value is -4.64. The molecule has 3 N–H and O–H groups in total. The first-order valence-electron chi connectivity index (χ1n) is 19.1. The highest BCUT2D eigenvalue weighted by atomic mass is 16.7. The van der Waals surface area contributed by atoms with E-state index in [0.717, 1.165) is 53.7 Å². The third kappa shape index (κ3) is 8.36. The van der Waals surface area contributed by atoms with E-state index in [4.69, 9.17) is 24.2 Å². The number of aromatic hydroxyl groups is 1. The number of nitrogens with zero attached hydrogens (tertiary/aromatic N) is 2. The maximum absolute atomic E-state index is 14.4. The molecule has 1 amide bonds. The topological polar surface area (TPSA) is 130 Å². The molecule has 1 fully saturated rings. The number of aliphatic hydroxyl groups is 2. The summed E-state index contributed by atoms with van der Waals surface area (Å²) >= 11 is 0. The van der Waals surface area contributed by atoms with E-state index in [0.29, 0.717) is 30.8 Å². The van der Waals surface area contributed by atoms with Gasteiger partial charge >= 0.3 is 0 Å². The van der Waals surface area contributed by atoms with Gasteiger partial charge in [-0.1, -0.05) is 72.6 Å². The highest BCUT2D eigenvalue weighted by Crippen LogP contribution is 2.61. The molecule has 0 bridgehead atoms. The summed E-state index contributed by atoms with van der Waals surface area (Å²) in [6.07, 6.45) is 9.09. The van der Waals surface area contributed by atoms with Crippen molar-refractivity contribution in [2.24, 2.45) is 22.9 Å². The molecule has 0 saturated heterocycles. The van der Waals surface area contributed by atoms with Gasteiger partial charge in [0.15, 0.2) is 0 Å². The summed E-state index contributed by atoms with van der Waals surface area (Å²) < 4.78 is 19.5. The molecule has 10 heteroatoms. The smallest absolute Gasteiger partial charge is 0.239 e. The first-order chi connectivity index (χ1) is 26.3. The van der Waals surface area contributed by atoms with E-state index in [1.165, 1.54) is 0 Å². The molecule has 0 unspecified atom stereocenters. The number of fused-ring (bicyclic) bond motifs is 2. The van der Waals surface area contributed by atoms with E-state index >= 15 is 0 Å². The van der Waals surface area contributed by atoms with Crippen molar-refractivity contribution in [3.63, 3.8) is 0 Å². The summed E-state index contributed by atoms with van der Waals surface area (Å²) in [5, 5.41) is 35.3. The number of amides is 1. The number of phenolic OH excluding ortho intramolecular Hbond substituents is 1. The van der Waals surface area contributed by atoms with Crippen LogP contribution in [0, 0.1) is 17.8 Å². The van der Waals surface area contributed by atoms with Crippen LogP contribution in [0.5, 0.6) is 17.2 Å². The van der Waals surface area contributed by atoms with Crippen LogP contribution >= 0.6 is 0 Å². The van der Waals surface area contributed by atoms with Gasteiger partial charge < -0.3 is 39.3 Å².